The molecule has 4 N–H and O–H groups in total. The van der Waals surface area contributed by atoms with Gasteiger partial charge in [-0.2, -0.15) is 0 Å². The van der Waals surface area contributed by atoms with Gasteiger partial charge in [0.25, 0.3) is 0 Å². The number of H-pyrrole nitrogens is 1. The van der Waals surface area contributed by atoms with Crippen LogP contribution in [-0.4, -0.2) is 44.4 Å². The minimum absolute atomic E-state index is 0.100. The fraction of sp³-hybridized carbons (Fsp3) is 0.312. The molecular formula is C16H16F2N4O3S2. The van der Waals surface area contributed by atoms with E-state index in [1.54, 1.807) is 0 Å². The average Bonchev–Trinajstić information content (AvgIpc) is 3.03. The van der Waals surface area contributed by atoms with Gasteiger partial charge >= 0.3 is 4.87 Å². The van der Waals surface area contributed by atoms with Crippen LogP contribution in [0.5, 0.6) is 0 Å². The number of aliphatic hydroxyl groups is 2. The van der Waals surface area contributed by atoms with Gasteiger partial charge in [-0.25, -0.2) is 18.7 Å². The van der Waals surface area contributed by atoms with Gasteiger partial charge in [-0.1, -0.05) is 35.2 Å². The average molecular weight is 414 g/mol. The Morgan fingerprint density at radius 2 is 2.11 bits per heavy atom. The van der Waals surface area contributed by atoms with Crippen molar-refractivity contribution < 1.29 is 19.0 Å². The Hall–Kier alpha value is -2.08. The van der Waals surface area contributed by atoms with Gasteiger partial charge in [0.15, 0.2) is 28.3 Å². The molecule has 3 rings (SSSR count). The number of thiazole rings is 1. The molecule has 0 saturated carbocycles. The first-order valence-corrected chi connectivity index (χ1v) is 9.76. The monoisotopic (exact) mass is 414 g/mol. The largest absolute Gasteiger partial charge is 0.396 e. The van der Waals surface area contributed by atoms with E-state index in [4.69, 9.17) is 5.11 Å². The molecule has 27 heavy (non-hydrogen) atoms. The molecule has 0 saturated heterocycles. The predicted octanol–water partition coefficient (Wildman–Crippen LogP) is 2.11. The fourth-order valence-electron chi connectivity index (χ4n) is 2.35. The second-order valence-corrected chi connectivity index (χ2v) is 7.51. The van der Waals surface area contributed by atoms with Crippen molar-refractivity contribution in [1.82, 2.24) is 15.0 Å². The Bertz CT molecular complexity index is 995. The van der Waals surface area contributed by atoms with Gasteiger partial charge in [0.2, 0.25) is 0 Å². The lowest BCUT2D eigenvalue weighted by atomic mass is 10.2. The standard InChI is InChI=1S/C16H16F2N4O3S2/c17-10-3-1-2-8(11(10)18)7-26-15-20-13(19-9(6-24)4-5-23)12-14(21-15)22-16(25)27-12/h1-3,9,23-24H,4-7H2,(H2,19,20,21,22,25). The quantitative estimate of drug-likeness (QED) is 0.330. The number of aromatic nitrogens is 3. The molecule has 11 heteroatoms. The number of nitrogens with zero attached hydrogens (tertiary/aromatic N) is 2. The predicted molar refractivity (Wildman–Crippen MR) is 100 cm³/mol. The minimum atomic E-state index is -0.927. The van der Waals surface area contributed by atoms with Gasteiger partial charge in [-0.05, 0) is 12.5 Å². The Balaban J connectivity index is 1.89. The van der Waals surface area contributed by atoms with Gasteiger partial charge < -0.3 is 15.5 Å². The van der Waals surface area contributed by atoms with Crippen LogP contribution in [0.3, 0.4) is 0 Å². The maximum Gasteiger partial charge on any atom is 0.306 e. The van der Waals surface area contributed by atoms with Crippen molar-refractivity contribution >= 4 is 39.3 Å². The van der Waals surface area contributed by atoms with E-state index in [9.17, 15) is 18.7 Å². The van der Waals surface area contributed by atoms with Gasteiger partial charge in [0, 0.05) is 17.9 Å². The van der Waals surface area contributed by atoms with E-state index in [0.717, 1.165) is 29.2 Å². The number of fused-ring (bicyclic) bond motifs is 1. The molecule has 2 aromatic heterocycles. The molecule has 7 nitrogen and oxygen atoms in total. The lowest BCUT2D eigenvalue weighted by Gasteiger charge is -2.16. The first-order valence-electron chi connectivity index (χ1n) is 7.96. The van der Waals surface area contributed by atoms with E-state index in [1.165, 1.54) is 12.1 Å². The first kappa shape index (κ1) is 19.7. The zero-order valence-electron chi connectivity index (χ0n) is 13.9. The second kappa shape index (κ2) is 8.74. The lowest BCUT2D eigenvalue weighted by molar-refractivity contribution is 0.228. The Morgan fingerprint density at radius 3 is 2.85 bits per heavy atom. The third-order valence-electron chi connectivity index (χ3n) is 3.69. The first-order chi connectivity index (χ1) is 13.0. The van der Waals surface area contributed by atoms with Crippen LogP contribution in [-0.2, 0) is 5.75 Å². The Labute approximate surface area is 160 Å². The minimum Gasteiger partial charge on any atom is -0.396 e. The summed E-state index contributed by atoms with van der Waals surface area (Å²) in [5.41, 5.74) is 0.482. The number of halogens is 2. The van der Waals surface area contributed by atoms with Gasteiger partial charge in [0.05, 0.1) is 12.6 Å². The summed E-state index contributed by atoms with van der Waals surface area (Å²) in [6, 6.07) is 3.48. The van der Waals surface area contributed by atoms with Crippen LogP contribution in [0.15, 0.2) is 28.2 Å². The number of hydrogen-bond acceptors (Lipinski definition) is 8. The molecule has 0 aliphatic heterocycles. The van der Waals surface area contributed by atoms with E-state index in [-0.39, 0.29) is 41.0 Å². The fourth-order valence-corrected chi connectivity index (χ4v) is 3.90. The maximum absolute atomic E-state index is 13.8. The lowest BCUT2D eigenvalue weighted by Crippen LogP contribution is -2.25. The molecule has 144 valence electrons. The third kappa shape index (κ3) is 4.61. The number of aliphatic hydroxyl groups excluding tert-OH is 2. The van der Waals surface area contributed by atoms with Crippen molar-refractivity contribution in [3.05, 3.63) is 45.1 Å². The number of nitrogens with one attached hydrogen (secondary N) is 2. The summed E-state index contributed by atoms with van der Waals surface area (Å²) in [6.07, 6.45) is 0.290. The van der Waals surface area contributed by atoms with Crippen LogP contribution in [0, 0.1) is 11.6 Å². The highest BCUT2D eigenvalue weighted by Gasteiger charge is 2.16. The number of rotatable bonds is 8. The number of benzene rings is 1. The van der Waals surface area contributed by atoms with Crippen LogP contribution in [0.25, 0.3) is 10.3 Å². The molecule has 1 aromatic carbocycles. The van der Waals surface area contributed by atoms with Gasteiger partial charge in [0.1, 0.15) is 4.70 Å². The van der Waals surface area contributed by atoms with Crippen LogP contribution < -0.4 is 10.2 Å². The highest BCUT2D eigenvalue weighted by atomic mass is 32.2. The zero-order chi connectivity index (χ0) is 19.4. The molecule has 2 heterocycles. The molecular weight excluding hydrogens is 398 g/mol. The Morgan fingerprint density at radius 1 is 1.30 bits per heavy atom. The molecule has 0 fully saturated rings. The van der Waals surface area contributed by atoms with Gasteiger partial charge in [-0.3, -0.25) is 9.78 Å². The van der Waals surface area contributed by atoms with Crippen molar-refractivity contribution in [2.75, 3.05) is 18.5 Å². The highest BCUT2D eigenvalue weighted by Crippen LogP contribution is 2.28. The molecule has 0 spiro atoms. The summed E-state index contributed by atoms with van der Waals surface area (Å²) in [6.45, 7) is -0.362. The van der Waals surface area contributed by atoms with Crippen molar-refractivity contribution in [1.29, 1.82) is 0 Å². The number of thioether (sulfide) groups is 1. The SMILES string of the molecule is O=c1[nH]c2nc(SCc3cccc(F)c3F)nc(NC(CO)CCO)c2s1. The summed E-state index contributed by atoms with van der Waals surface area (Å²) in [7, 11) is 0. The molecule has 1 unspecified atom stereocenters. The van der Waals surface area contributed by atoms with Crippen molar-refractivity contribution in [3.8, 4) is 0 Å². The molecule has 0 aliphatic carbocycles. The summed E-state index contributed by atoms with van der Waals surface area (Å²) in [4.78, 5) is 22.5. The van der Waals surface area contributed by atoms with Gasteiger partial charge in [-0.15, -0.1) is 0 Å². The molecule has 1 atom stereocenters. The van der Waals surface area contributed by atoms with E-state index >= 15 is 0 Å². The molecule has 0 aliphatic rings. The van der Waals surface area contributed by atoms with E-state index in [1.807, 2.05) is 0 Å². The molecule has 0 radical (unpaired) electrons. The Kier molecular flexibility index (Phi) is 6.37. The normalized spacial score (nSPS) is 12.4. The third-order valence-corrected chi connectivity index (χ3v) is 5.46. The van der Waals surface area contributed by atoms with Crippen LogP contribution in [0.2, 0.25) is 0 Å². The van der Waals surface area contributed by atoms with E-state index in [2.05, 4.69) is 20.3 Å². The topological polar surface area (TPSA) is 111 Å². The number of hydrogen-bond donors (Lipinski definition) is 4. The summed E-state index contributed by atoms with van der Waals surface area (Å²) in [5.74, 6) is -1.42. The summed E-state index contributed by atoms with van der Waals surface area (Å²) < 4.78 is 27.6. The van der Waals surface area contributed by atoms with Crippen molar-refractivity contribution in [2.45, 2.75) is 23.4 Å². The summed E-state index contributed by atoms with van der Waals surface area (Å²) in [5, 5.41) is 21.7. The second-order valence-electron chi connectivity index (χ2n) is 5.58. The van der Waals surface area contributed by atoms with Crippen LogP contribution in [0.4, 0.5) is 14.6 Å². The summed E-state index contributed by atoms with van der Waals surface area (Å²) >= 11 is 2.00. The molecule has 0 bridgehead atoms. The number of aromatic amines is 1. The van der Waals surface area contributed by atoms with Crippen LogP contribution >= 0.6 is 23.1 Å². The van der Waals surface area contributed by atoms with E-state index < -0.39 is 17.7 Å². The van der Waals surface area contributed by atoms with Crippen molar-refractivity contribution in [3.63, 3.8) is 0 Å². The van der Waals surface area contributed by atoms with Crippen LogP contribution in [0.1, 0.15) is 12.0 Å². The smallest absolute Gasteiger partial charge is 0.306 e. The zero-order valence-corrected chi connectivity index (χ0v) is 15.5. The van der Waals surface area contributed by atoms with Crippen molar-refractivity contribution in [2.24, 2.45) is 0 Å². The molecule has 3 aromatic rings. The highest BCUT2D eigenvalue weighted by molar-refractivity contribution is 7.98. The number of anilines is 1. The van der Waals surface area contributed by atoms with E-state index in [0.29, 0.717) is 16.2 Å². The maximum atomic E-state index is 13.8. The molecule has 0 amide bonds.